The third-order valence-corrected chi connectivity index (χ3v) is 6.92. The quantitative estimate of drug-likeness (QED) is 0.260. The molecule has 4 atom stereocenters. The van der Waals surface area contributed by atoms with Crippen molar-refractivity contribution in [2.24, 2.45) is 11.8 Å². The van der Waals surface area contributed by atoms with Gasteiger partial charge in [0.15, 0.2) is 5.78 Å². The van der Waals surface area contributed by atoms with Crippen molar-refractivity contribution in [2.45, 2.75) is 19.0 Å². The zero-order valence-corrected chi connectivity index (χ0v) is 19.2. The van der Waals surface area contributed by atoms with E-state index in [0.29, 0.717) is 5.56 Å². The Morgan fingerprint density at radius 1 is 1.00 bits per heavy atom. The first-order chi connectivity index (χ1) is 17.6. The summed E-state index contributed by atoms with van der Waals surface area (Å²) in [6.07, 6.45) is 4.48. The number of Topliss-reactive ketones (excluding diaryl/α,β-unsaturated/α-hetero) is 1. The number of allylic oxidation sites excluding steroid dienone is 2. The number of carbonyl (C=O) groups excluding carboxylic acids is 3. The summed E-state index contributed by atoms with van der Waals surface area (Å²) in [5.41, 5.74) is 0.255. The van der Waals surface area contributed by atoms with Crippen LogP contribution < -0.4 is 4.90 Å². The molecule has 2 fully saturated rings. The first-order valence-electron chi connectivity index (χ1n) is 11.1. The van der Waals surface area contributed by atoms with Gasteiger partial charge in [-0.3, -0.25) is 34.6 Å². The molecule has 0 saturated carbocycles. The summed E-state index contributed by atoms with van der Waals surface area (Å²) in [5, 5.41) is 31.8. The maximum atomic E-state index is 13.8. The van der Waals surface area contributed by atoms with Crippen LogP contribution in [0.3, 0.4) is 0 Å². The van der Waals surface area contributed by atoms with Gasteiger partial charge in [0, 0.05) is 36.0 Å². The highest BCUT2D eigenvalue weighted by Crippen LogP contribution is 2.47. The lowest BCUT2D eigenvalue weighted by Gasteiger charge is -2.32. The second kappa shape index (κ2) is 8.49. The van der Waals surface area contributed by atoms with E-state index in [1.807, 2.05) is 6.07 Å². The van der Waals surface area contributed by atoms with Crippen LogP contribution in [0.2, 0.25) is 0 Å². The van der Waals surface area contributed by atoms with Crippen molar-refractivity contribution in [3.8, 4) is 6.07 Å². The first-order valence-corrected chi connectivity index (χ1v) is 11.1. The van der Waals surface area contributed by atoms with Crippen LogP contribution in [0, 0.1) is 50.3 Å². The normalized spacial score (nSPS) is 23.8. The van der Waals surface area contributed by atoms with Gasteiger partial charge in [0.25, 0.3) is 11.4 Å². The van der Waals surface area contributed by atoms with Gasteiger partial charge in [0.05, 0.1) is 45.1 Å². The van der Waals surface area contributed by atoms with Gasteiger partial charge < -0.3 is 4.90 Å². The lowest BCUT2D eigenvalue weighted by Crippen LogP contribution is -2.46. The predicted molar refractivity (Wildman–Crippen MR) is 127 cm³/mol. The zero-order chi connectivity index (χ0) is 26.6. The van der Waals surface area contributed by atoms with Crippen LogP contribution >= 0.6 is 0 Å². The molecule has 0 spiro atoms. The molecule has 0 unspecified atom stereocenters. The lowest BCUT2D eigenvalue weighted by molar-refractivity contribution is -0.385. The monoisotopic (exact) mass is 499 g/mol. The highest BCUT2D eigenvalue weighted by atomic mass is 16.6. The van der Waals surface area contributed by atoms with E-state index in [9.17, 15) is 39.9 Å². The van der Waals surface area contributed by atoms with Crippen molar-refractivity contribution in [2.75, 3.05) is 4.90 Å². The van der Waals surface area contributed by atoms with E-state index >= 15 is 0 Å². The van der Waals surface area contributed by atoms with Gasteiger partial charge in [0.1, 0.15) is 6.04 Å². The topological polar surface area (TPSA) is 168 Å². The van der Waals surface area contributed by atoms with Crippen molar-refractivity contribution < 1.29 is 24.2 Å². The Morgan fingerprint density at radius 2 is 1.68 bits per heavy atom. The number of benzene rings is 2. The molecular weight excluding hydrogens is 482 g/mol. The number of fused-ring (bicyclic) bond motifs is 3. The van der Waals surface area contributed by atoms with Gasteiger partial charge in [-0.25, -0.2) is 4.90 Å². The van der Waals surface area contributed by atoms with Crippen LogP contribution in [0.4, 0.5) is 17.1 Å². The average molecular weight is 499 g/mol. The third-order valence-electron chi connectivity index (χ3n) is 6.92. The number of nitro benzene ring substituents is 2. The lowest BCUT2D eigenvalue weighted by atomic mass is 9.86. The number of anilines is 1. The minimum Gasteiger partial charge on any atom is -0.359 e. The summed E-state index contributed by atoms with van der Waals surface area (Å²) in [6.45, 7) is 1.53. The highest BCUT2D eigenvalue weighted by molar-refractivity contribution is 6.25. The first kappa shape index (κ1) is 23.6. The fourth-order valence-corrected chi connectivity index (χ4v) is 5.31. The smallest absolute Gasteiger partial charge is 0.270 e. The zero-order valence-electron chi connectivity index (χ0n) is 19.2. The second-order valence-corrected chi connectivity index (χ2v) is 8.90. The summed E-state index contributed by atoms with van der Waals surface area (Å²) in [6, 6.07) is 8.94. The van der Waals surface area contributed by atoms with Crippen LogP contribution in [0.25, 0.3) is 0 Å². The Labute approximate surface area is 209 Å². The summed E-state index contributed by atoms with van der Waals surface area (Å²) < 4.78 is 0. The molecule has 12 nitrogen and oxygen atoms in total. The molecule has 184 valence electrons. The molecule has 2 saturated heterocycles. The number of ketones is 1. The van der Waals surface area contributed by atoms with Crippen molar-refractivity contribution in [1.29, 1.82) is 5.26 Å². The molecular formula is C25H17N5O7. The number of rotatable bonds is 5. The van der Waals surface area contributed by atoms with Crippen molar-refractivity contribution >= 4 is 34.7 Å². The molecule has 5 rings (SSSR count). The Hall–Kier alpha value is -5.18. The number of nitriles is 1. The molecule has 0 aliphatic carbocycles. The average Bonchev–Trinajstić information content (AvgIpc) is 3.35. The van der Waals surface area contributed by atoms with Gasteiger partial charge in [-0.1, -0.05) is 12.1 Å². The summed E-state index contributed by atoms with van der Waals surface area (Å²) in [5.74, 6) is -3.99. The molecule has 3 heterocycles. The Balaban J connectivity index is 1.60. The van der Waals surface area contributed by atoms with E-state index in [1.54, 1.807) is 4.90 Å². The Kier molecular flexibility index (Phi) is 5.40. The van der Waals surface area contributed by atoms with Crippen LogP contribution in [0.5, 0.6) is 0 Å². The van der Waals surface area contributed by atoms with Gasteiger partial charge in [-0.2, -0.15) is 5.26 Å². The van der Waals surface area contributed by atoms with E-state index in [1.165, 1.54) is 61.7 Å². The number of imide groups is 1. The fourth-order valence-electron chi connectivity index (χ4n) is 5.31. The van der Waals surface area contributed by atoms with Crippen LogP contribution in [0.1, 0.15) is 15.9 Å². The molecule has 12 heteroatoms. The standard InChI is InChI=1S/C25H17N5O7/c1-13-9-17(30(36)37)5-6-18(13)28-24(32)20-19-10-14(12-26)7-8-27(19)22(21(20)25(28)33)23(31)15-3-2-4-16(11-15)29(34)35/h2-11,19-22H,1H3/t19-,20+,21+,22-/m1/s1. The van der Waals surface area contributed by atoms with Crippen molar-refractivity contribution in [1.82, 2.24) is 4.90 Å². The Morgan fingerprint density at radius 3 is 2.32 bits per heavy atom. The van der Waals surface area contributed by atoms with E-state index in [2.05, 4.69) is 0 Å². The molecule has 0 radical (unpaired) electrons. The van der Waals surface area contributed by atoms with Gasteiger partial charge in [-0.15, -0.1) is 0 Å². The number of nitrogens with zero attached hydrogens (tertiary/aromatic N) is 5. The minimum atomic E-state index is -1.16. The molecule has 2 amide bonds. The largest absolute Gasteiger partial charge is 0.359 e. The van der Waals surface area contributed by atoms with Gasteiger partial charge in [0.2, 0.25) is 11.8 Å². The van der Waals surface area contributed by atoms with Crippen LogP contribution in [-0.4, -0.2) is 44.4 Å². The van der Waals surface area contributed by atoms with Gasteiger partial charge in [-0.05, 0) is 30.7 Å². The molecule has 3 aliphatic heterocycles. The number of non-ortho nitro benzene ring substituents is 2. The molecule has 2 aromatic rings. The summed E-state index contributed by atoms with van der Waals surface area (Å²) >= 11 is 0. The molecule has 37 heavy (non-hydrogen) atoms. The van der Waals surface area contributed by atoms with E-state index in [-0.39, 0.29) is 28.2 Å². The molecule has 0 bridgehead atoms. The molecule has 3 aliphatic rings. The predicted octanol–water partition coefficient (Wildman–Crippen LogP) is 2.83. The minimum absolute atomic E-state index is 0.00674. The maximum Gasteiger partial charge on any atom is 0.270 e. The van der Waals surface area contributed by atoms with E-state index in [0.717, 1.165) is 11.0 Å². The summed E-state index contributed by atoms with van der Waals surface area (Å²) in [4.78, 5) is 64.8. The number of hydrogen-bond donors (Lipinski definition) is 0. The van der Waals surface area contributed by atoms with Crippen molar-refractivity contribution in [3.63, 3.8) is 0 Å². The van der Waals surface area contributed by atoms with Crippen LogP contribution in [0.15, 0.2) is 66.4 Å². The number of hydrogen-bond acceptors (Lipinski definition) is 9. The van der Waals surface area contributed by atoms with Crippen LogP contribution in [-0.2, 0) is 9.59 Å². The Bertz CT molecular complexity index is 1520. The van der Waals surface area contributed by atoms with E-state index < -0.39 is 51.4 Å². The molecule has 0 aromatic heterocycles. The fraction of sp³-hybridized carbons (Fsp3) is 0.200. The van der Waals surface area contributed by atoms with Gasteiger partial charge >= 0.3 is 0 Å². The number of nitro groups is 2. The number of aryl methyl sites for hydroxylation is 1. The highest BCUT2D eigenvalue weighted by Gasteiger charge is 2.63. The maximum absolute atomic E-state index is 13.8. The third kappa shape index (κ3) is 3.56. The van der Waals surface area contributed by atoms with E-state index in [4.69, 9.17) is 0 Å². The second-order valence-electron chi connectivity index (χ2n) is 8.90. The SMILES string of the molecule is Cc1cc([N+](=O)[O-])ccc1N1C(=O)[C@@H]2[C@H](C1=O)[C@H](C(=O)c1cccc([N+](=O)[O-])c1)N1C=CC(C#N)=C[C@H]21. The van der Waals surface area contributed by atoms with Crippen molar-refractivity contribution in [3.05, 3.63) is 97.7 Å². The molecule has 0 N–H and O–H groups in total. The number of carbonyl (C=O) groups is 3. The molecule has 2 aromatic carbocycles. The number of amides is 2. The summed E-state index contributed by atoms with van der Waals surface area (Å²) in [7, 11) is 0.